The number of nitrogens with zero attached hydrogens (tertiary/aromatic N) is 2. The summed E-state index contributed by atoms with van der Waals surface area (Å²) in [6.07, 6.45) is 2.51. The van der Waals surface area contributed by atoms with Crippen molar-refractivity contribution in [1.82, 2.24) is 9.97 Å². The number of aromatic nitrogens is 2. The molecule has 0 N–H and O–H groups in total. The number of hydrogen-bond acceptors (Lipinski definition) is 3. The smallest absolute Gasteiger partial charge is 0.133 e. The van der Waals surface area contributed by atoms with Gasteiger partial charge in [0.2, 0.25) is 0 Å². The minimum atomic E-state index is 0.177. The van der Waals surface area contributed by atoms with E-state index in [1.807, 2.05) is 44.2 Å². The molecule has 1 heterocycles. The van der Waals surface area contributed by atoms with Crippen molar-refractivity contribution in [3.05, 3.63) is 41.3 Å². The van der Waals surface area contributed by atoms with E-state index in [1.54, 1.807) is 0 Å². The fraction of sp³-hybridized carbons (Fsp3) is 0.375. The molecule has 3 rings (SSSR count). The highest BCUT2D eigenvalue weighted by Gasteiger charge is 2.27. The lowest BCUT2D eigenvalue weighted by molar-refractivity contribution is 0.242. The second-order valence-corrected chi connectivity index (χ2v) is 5.79. The maximum atomic E-state index is 6.10. The van der Waals surface area contributed by atoms with Crippen LogP contribution in [0.4, 0.5) is 0 Å². The second kappa shape index (κ2) is 5.41. The van der Waals surface area contributed by atoms with Crippen LogP contribution in [-0.4, -0.2) is 16.1 Å². The molecule has 4 heteroatoms. The van der Waals surface area contributed by atoms with Crippen molar-refractivity contribution in [2.45, 2.75) is 38.7 Å². The molecule has 0 atom stereocenters. The lowest BCUT2D eigenvalue weighted by Gasteiger charge is -2.10. The summed E-state index contributed by atoms with van der Waals surface area (Å²) < 4.78 is 5.64. The van der Waals surface area contributed by atoms with E-state index in [0.29, 0.717) is 11.1 Å². The molecule has 20 heavy (non-hydrogen) atoms. The topological polar surface area (TPSA) is 35.0 Å². The average Bonchev–Trinajstić information content (AvgIpc) is 3.22. The first-order chi connectivity index (χ1) is 9.61. The molecule has 0 saturated heterocycles. The van der Waals surface area contributed by atoms with Crippen molar-refractivity contribution >= 4 is 11.6 Å². The van der Waals surface area contributed by atoms with E-state index in [4.69, 9.17) is 16.3 Å². The normalized spacial score (nSPS) is 14.6. The summed E-state index contributed by atoms with van der Waals surface area (Å²) >= 11 is 6.10. The van der Waals surface area contributed by atoms with Gasteiger partial charge in [0.1, 0.15) is 16.7 Å². The molecule has 1 aliphatic carbocycles. The predicted octanol–water partition coefficient (Wildman–Crippen LogP) is 4.46. The quantitative estimate of drug-likeness (QED) is 0.779. The minimum absolute atomic E-state index is 0.177. The predicted molar refractivity (Wildman–Crippen MR) is 80.2 cm³/mol. The van der Waals surface area contributed by atoms with Crippen LogP contribution in [0.25, 0.3) is 11.3 Å². The van der Waals surface area contributed by atoms with Gasteiger partial charge in [-0.25, -0.2) is 9.97 Å². The number of rotatable bonds is 4. The molecule has 1 saturated carbocycles. The van der Waals surface area contributed by atoms with Crippen LogP contribution in [0.3, 0.4) is 0 Å². The van der Waals surface area contributed by atoms with E-state index in [1.165, 1.54) is 12.8 Å². The van der Waals surface area contributed by atoms with E-state index in [0.717, 1.165) is 22.8 Å². The lowest BCUT2D eigenvalue weighted by atomic mass is 10.1. The van der Waals surface area contributed by atoms with Crippen molar-refractivity contribution in [3.63, 3.8) is 0 Å². The third kappa shape index (κ3) is 3.10. The zero-order valence-electron chi connectivity index (χ0n) is 11.6. The molecule has 1 aromatic carbocycles. The Bertz CT molecular complexity index is 606. The summed E-state index contributed by atoms with van der Waals surface area (Å²) in [6, 6.07) is 9.75. The van der Waals surface area contributed by atoms with Crippen LogP contribution in [0, 0.1) is 0 Å². The van der Waals surface area contributed by atoms with E-state index >= 15 is 0 Å². The molecule has 1 aliphatic rings. The van der Waals surface area contributed by atoms with Crippen LogP contribution in [0.15, 0.2) is 30.3 Å². The van der Waals surface area contributed by atoms with E-state index in [-0.39, 0.29) is 6.10 Å². The van der Waals surface area contributed by atoms with Gasteiger partial charge in [-0.05, 0) is 51.0 Å². The van der Waals surface area contributed by atoms with E-state index < -0.39 is 0 Å². The number of benzene rings is 1. The Morgan fingerprint density at radius 3 is 2.45 bits per heavy atom. The molecule has 1 fully saturated rings. The van der Waals surface area contributed by atoms with Gasteiger partial charge >= 0.3 is 0 Å². The molecule has 1 aromatic heterocycles. The van der Waals surface area contributed by atoms with Crippen molar-refractivity contribution in [2.75, 3.05) is 0 Å². The monoisotopic (exact) mass is 288 g/mol. The summed E-state index contributed by atoms with van der Waals surface area (Å²) in [5, 5.41) is 0.513. The van der Waals surface area contributed by atoms with Gasteiger partial charge in [-0.2, -0.15) is 0 Å². The van der Waals surface area contributed by atoms with Crippen molar-refractivity contribution < 1.29 is 4.74 Å². The minimum Gasteiger partial charge on any atom is -0.491 e. The van der Waals surface area contributed by atoms with Gasteiger partial charge < -0.3 is 4.74 Å². The fourth-order valence-electron chi connectivity index (χ4n) is 2.08. The largest absolute Gasteiger partial charge is 0.491 e. The second-order valence-electron chi connectivity index (χ2n) is 5.40. The van der Waals surface area contributed by atoms with Crippen molar-refractivity contribution in [1.29, 1.82) is 0 Å². The standard InChI is InChI=1S/C16H17ClN2O/c1-10(2)20-13-7-5-11(6-8-13)14-9-15(17)19-16(18-14)12-3-4-12/h5-10,12H,3-4H2,1-2H3. The Labute approximate surface area is 124 Å². The van der Waals surface area contributed by atoms with Crippen LogP contribution < -0.4 is 4.74 Å². The average molecular weight is 289 g/mol. The Balaban J connectivity index is 1.88. The first kappa shape index (κ1) is 13.4. The molecular weight excluding hydrogens is 272 g/mol. The number of halogens is 1. The zero-order chi connectivity index (χ0) is 14.1. The summed E-state index contributed by atoms with van der Waals surface area (Å²) in [6.45, 7) is 4.03. The van der Waals surface area contributed by atoms with Gasteiger partial charge in [-0.3, -0.25) is 0 Å². The first-order valence-electron chi connectivity index (χ1n) is 6.93. The molecule has 3 nitrogen and oxygen atoms in total. The van der Waals surface area contributed by atoms with Gasteiger partial charge in [0.25, 0.3) is 0 Å². The Kier molecular flexibility index (Phi) is 3.62. The fourth-order valence-corrected chi connectivity index (χ4v) is 2.27. The molecule has 0 bridgehead atoms. The van der Waals surface area contributed by atoms with E-state index in [9.17, 15) is 0 Å². The van der Waals surface area contributed by atoms with Crippen LogP contribution in [0.2, 0.25) is 5.15 Å². The molecule has 0 spiro atoms. The van der Waals surface area contributed by atoms with Gasteiger partial charge in [0.05, 0.1) is 11.8 Å². The highest BCUT2D eigenvalue weighted by atomic mass is 35.5. The lowest BCUT2D eigenvalue weighted by Crippen LogP contribution is -2.05. The molecule has 0 radical (unpaired) electrons. The highest BCUT2D eigenvalue weighted by molar-refractivity contribution is 6.29. The van der Waals surface area contributed by atoms with Crippen LogP contribution in [0.5, 0.6) is 5.75 Å². The zero-order valence-corrected chi connectivity index (χ0v) is 12.4. The first-order valence-corrected chi connectivity index (χ1v) is 7.31. The Morgan fingerprint density at radius 1 is 1.15 bits per heavy atom. The number of hydrogen-bond donors (Lipinski definition) is 0. The van der Waals surface area contributed by atoms with Crippen molar-refractivity contribution in [2.24, 2.45) is 0 Å². The molecule has 0 aliphatic heterocycles. The Hall–Kier alpha value is -1.61. The SMILES string of the molecule is CC(C)Oc1ccc(-c2cc(Cl)nc(C3CC3)n2)cc1. The van der Waals surface area contributed by atoms with Crippen LogP contribution in [-0.2, 0) is 0 Å². The summed E-state index contributed by atoms with van der Waals surface area (Å²) in [5.41, 5.74) is 1.91. The molecule has 2 aromatic rings. The maximum absolute atomic E-state index is 6.10. The van der Waals surface area contributed by atoms with Crippen LogP contribution >= 0.6 is 11.6 Å². The van der Waals surface area contributed by atoms with Crippen molar-refractivity contribution in [3.8, 4) is 17.0 Å². The molecular formula is C16H17ClN2O. The van der Waals surface area contributed by atoms with Gasteiger partial charge in [0.15, 0.2) is 0 Å². The molecule has 0 amide bonds. The van der Waals surface area contributed by atoms with E-state index in [2.05, 4.69) is 9.97 Å². The third-order valence-corrected chi connectivity index (χ3v) is 3.37. The van der Waals surface area contributed by atoms with Gasteiger partial charge in [-0.1, -0.05) is 11.6 Å². The van der Waals surface area contributed by atoms with Gasteiger partial charge in [-0.15, -0.1) is 0 Å². The maximum Gasteiger partial charge on any atom is 0.133 e. The summed E-state index contributed by atoms with van der Waals surface area (Å²) in [5.74, 6) is 2.23. The summed E-state index contributed by atoms with van der Waals surface area (Å²) in [7, 11) is 0. The Morgan fingerprint density at radius 2 is 1.85 bits per heavy atom. The number of ether oxygens (including phenoxy) is 1. The molecule has 104 valence electrons. The third-order valence-electron chi connectivity index (χ3n) is 3.18. The van der Waals surface area contributed by atoms with Gasteiger partial charge in [0, 0.05) is 17.5 Å². The highest BCUT2D eigenvalue weighted by Crippen LogP contribution is 2.39. The van der Waals surface area contributed by atoms with Crippen LogP contribution in [0.1, 0.15) is 38.4 Å². The molecule has 0 unspecified atom stereocenters. The summed E-state index contributed by atoms with van der Waals surface area (Å²) in [4.78, 5) is 8.93.